The summed E-state index contributed by atoms with van der Waals surface area (Å²) < 4.78 is 6.99. The Morgan fingerprint density at radius 2 is 1.93 bits per heavy atom. The average molecular weight is 399 g/mol. The molecule has 0 fully saturated rings. The lowest BCUT2D eigenvalue weighted by Gasteiger charge is -2.17. The highest BCUT2D eigenvalue weighted by Gasteiger charge is 2.27. The Bertz CT molecular complexity index is 1020. The molecule has 0 saturated carbocycles. The van der Waals surface area contributed by atoms with E-state index in [1.165, 1.54) is 6.07 Å². The number of hydrogen-bond acceptors (Lipinski definition) is 6. The first-order valence-corrected chi connectivity index (χ1v) is 9.41. The summed E-state index contributed by atoms with van der Waals surface area (Å²) in [6.07, 6.45) is 0.714. The first-order chi connectivity index (χ1) is 13.9. The molecule has 154 valence electrons. The number of aliphatic hydroxyl groups excluding tert-OH is 1. The fraction of sp³-hybridized carbons (Fsp3) is 0.333. The number of nitrogens with zero attached hydrogens (tertiary/aromatic N) is 2. The normalized spacial score (nSPS) is 12.3. The Morgan fingerprint density at radius 3 is 2.48 bits per heavy atom. The van der Waals surface area contributed by atoms with Gasteiger partial charge in [0, 0.05) is 23.8 Å². The van der Waals surface area contributed by atoms with Crippen LogP contribution in [0.4, 0.5) is 5.69 Å². The summed E-state index contributed by atoms with van der Waals surface area (Å²) in [7, 11) is 1.57. The van der Waals surface area contributed by atoms with Gasteiger partial charge in [-0.05, 0) is 49.7 Å². The van der Waals surface area contributed by atoms with Gasteiger partial charge in [0.05, 0.1) is 35.2 Å². The Hall–Kier alpha value is -3.10. The number of aromatic nitrogens is 1. The fourth-order valence-electron chi connectivity index (χ4n) is 3.58. The van der Waals surface area contributed by atoms with Gasteiger partial charge in [0.15, 0.2) is 0 Å². The molecule has 0 spiro atoms. The number of nitro groups is 1. The molecule has 0 radical (unpaired) electrons. The Labute approximate surface area is 168 Å². The predicted molar refractivity (Wildman–Crippen MR) is 111 cm³/mol. The summed E-state index contributed by atoms with van der Waals surface area (Å²) in [5.41, 5.74) is 2.31. The van der Waals surface area contributed by atoms with Gasteiger partial charge in [-0.1, -0.05) is 6.92 Å². The van der Waals surface area contributed by atoms with Crippen molar-refractivity contribution in [2.24, 2.45) is 0 Å². The van der Waals surface area contributed by atoms with E-state index in [0.29, 0.717) is 34.3 Å². The summed E-state index contributed by atoms with van der Waals surface area (Å²) in [5.74, 6) is 0.718. The van der Waals surface area contributed by atoms with E-state index in [4.69, 9.17) is 4.74 Å². The highest BCUT2D eigenvalue weighted by atomic mass is 16.6. The number of rotatable bonds is 8. The second-order valence-electron chi connectivity index (χ2n) is 6.85. The van der Waals surface area contributed by atoms with E-state index in [1.54, 1.807) is 36.8 Å². The minimum Gasteiger partial charge on any atom is -0.508 e. The highest BCUT2D eigenvalue weighted by molar-refractivity contribution is 5.96. The summed E-state index contributed by atoms with van der Waals surface area (Å²) in [4.78, 5) is 11.4. The third-order valence-electron chi connectivity index (χ3n) is 5.21. The molecule has 8 heteroatoms. The van der Waals surface area contributed by atoms with E-state index in [-0.39, 0.29) is 30.6 Å². The number of benzene rings is 2. The van der Waals surface area contributed by atoms with Crippen LogP contribution in [0.3, 0.4) is 0 Å². The summed E-state index contributed by atoms with van der Waals surface area (Å²) >= 11 is 0. The molecule has 3 N–H and O–H groups in total. The number of methoxy groups -OCH3 is 1. The molecule has 2 aromatic carbocycles. The van der Waals surface area contributed by atoms with Gasteiger partial charge in [-0.2, -0.15) is 0 Å². The van der Waals surface area contributed by atoms with E-state index < -0.39 is 4.92 Å². The Kier molecular flexibility index (Phi) is 6.05. The molecule has 0 bridgehead atoms. The lowest BCUT2D eigenvalue weighted by atomic mass is 10.1. The SMILES string of the molecule is CCC(CO)NCc1c(O)ccc2c([N+](=O)[O-])c(C)n(-c3ccc(OC)cc3)c12. The lowest BCUT2D eigenvalue weighted by Crippen LogP contribution is -2.31. The zero-order chi connectivity index (χ0) is 21.1. The van der Waals surface area contributed by atoms with Crippen LogP contribution in [0.5, 0.6) is 11.5 Å². The minimum atomic E-state index is -0.394. The smallest absolute Gasteiger partial charge is 0.298 e. The van der Waals surface area contributed by atoms with Crippen LogP contribution in [-0.2, 0) is 6.54 Å². The molecule has 0 amide bonds. The van der Waals surface area contributed by atoms with Crippen LogP contribution in [0.25, 0.3) is 16.6 Å². The second-order valence-corrected chi connectivity index (χ2v) is 6.85. The molecule has 3 aromatic rings. The number of phenolic OH excluding ortho intramolecular Hbond substituents is 1. The van der Waals surface area contributed by atoms with Crippen molar-refractivity contribution in [3.05, 3.63) is 57.8 Å². The van der Waals surface area contributed by atoms with Crippen LogP contribution in [0.15, 0.2) is 36.4 Å². The van der Waals surface area contributed by atoms with Gasteiger partial charge < -0.3 is 24.8 Å². The molecular formula is C21H25N3O5. The number of hydrogen-bond donors (Lipinski definition) is 3. The van der Waals surface area contributed by atoms with Crippen molar-refractivity contribution < 1.29 is 19.9 Å². The second kappa shape index (κ2) is 8.50. The summed E-state index contributed by atoms with van der Waals surface area (Å²) in [5, 5.41) is 35.5. The standard InChI is InChI=1S/C21H25N3O5/c1-4-14(12-25)22-11-18-19(26)10-9-17-20(24(27)28)13(2)23(21(17)18)15-5-7-16(29-3)8-6-15/h5-10,14,22,25-26H,4,11-12H2,1-3H3. The lowest BCUT2D eigenvalue weighted by molar-refractivity contribution is -0.383. The Balaban J connectivity index is 2.26. The van der Waals surface area contributed by atoms with Crippen molar-refractivity contribution in [2.75, 3.05) is 13.7 Å². The highest BCUT2D eigenvalue weighted by Crippen LogP contribution is 2.39. The summed E-state index contributed by atoms with van der Waals surface area (Å²) in [6.45, 7) is 3.87. The van der Waals surface area contributed by atoms with E-state index >= 15 is 0 Å². The van der Waals surface area contributed by atoms with Crippen LogP contribution in [0.1, 0.15) is 24.6 Å². The number of aromatic hydroxyl groups is 1. The van der Waals surface area contributed by atoms with Gasteiger partial charge in [-0.15, -0.1) is 0 Å². The van der Waals surface area contributed by atoms with Crippen molar-refractivity contribution in [1.82, 2.24) is 9.88 Å². The molecule has 8 nitrogen and oxygen atoms in total. The van der Waals surface area contributed by atoms with Gasteiger partial charge in [0.1, 0.15) is 11.5 Å². The molecule has 1 atom stereocenters. The first kappa shape index (κ1) is 20.6. The fourth-order valence-corrected chi connectivity index (χ4v) is 3.58. The maximum Gasteiger partial charge on any atom is 0.298 e. The van der Waals surface area contributed by atoms with Gasteiger partial charge >= 0.3 is 0 Å². The topological polar surface area (TPSA) is 110 Å². The van der Waals surface area contributed by atoms with Crippen LogP contribution >= 0.6 is 0 Å². The molecule has 29 heavy (non-hydrogen) atoms. The molecule has 3 rings (SSSR count). The number of phenols is 1. The monoisotopic (exact) mass is 399 g/mol. The molecule has 1 unspecified atom stereocenters. The predicted octanol–water partition coefficient (Wildman–Crippen LogP) is 3.42. The van der Waals surface area contributed by atoms with Gasteiger partial charge in [-0.25, -0.2) is 0 Å². The van der Waals surface area contributed by atoms with Crippen molar-refractivity contribution in [3.8, 4) is 17.2 Å². The number of aliphatic hydroxyl groups is 1. The minimum absolute atomic E-state index is 0.00580. The molecule has 1 heterocycles. The van der Waals surface area contributed by atoms with Gasteiger partial charge in [0.2, 0.25) is 0 Å². The maximum atomic E-state index is 11.8. The maximum absolute atomic E-state index is 11.8. The van der Waals surface area contributed by atoms with E-state index in [9.17, 15) is 20.3 Å². The third-order valence-corrected chi connectivity index (χ3v) is 5.21. The van der Waals surface area contributed by atoms with E-state index in [2.05, 4.69) is 5.32 Å². The largest absolute Gasteiger partial charge is 0.508 e. The van der Waals surface area contributed by atoms with Crippen LogP contribution in [0.2, 0.25) is 0 Å². The molecule has 0 aliphatic rings. The quantitative estimate of drug-likeness (QED) is 0.395. The van der Waals surface area contributed by atoms with Gasteiger partial charge in [-0.3, -0.25) is 10.1 Å². The van der Waals surface area contributed by atoms with Crippen molar-refractivity contribution in [2.45, 2.75) is 32.9 Å². The molecule has 0 aliphatic heterocycles. The number of nitrogens with one attached hydrogen (secondary N) is 1. The zero-order valence-corrected chi connectivity index (χ0v) is 16.7. The number of ether oxygens (including phenoxy) is 1. The average Bonchev–Trinajstić information content (AvgIpc) is 3.02. The van der Waals surface area contributed by atoms with Gasteiger partial charge in [0.25, 0.3) is 5.69 Å². The van der Waals surface area contributed by atoms with Crippen molar-refractivity contribution >= 4 is 16.6 Å². The zero-order valence-electron chi connectivity index (χ0n) is 16.7. The van der Waals surface area contributed by atoms with Crippen molar-refractivity contribution in [1.29, 1.82) is 0 Å². The van der Waals surface area contributed by atoms with E-state index in [1.807, 2.05) is 19.1 Å². The third kappa shape index (κ3) is 3.76. The number of fused-ring (bicyclic) bond motifs is 1. The molecular weight excluding hydrogens is 374 g/mol. The Morgan fingerprint density at radius 1 is 1.24 bits per heavy atom. The van der Waals surface area contributed by atoms with Crippen LogP contribution in [-0.4, -0.2) is 39.5 Å². The molecule has 0 saturated heterocycles. The van der Waals surface area contributed by atoms with Crippen LogP contribution in [0, 0.1) is 17.0 Å². The summed E-state index contributed by atoms with van der Waals surface area (Å²) in [6, 6.07) is 10.1. The molecule has 1 aromatic heterocycles. The van der Waals surface area contributed by atoms with E-state index in [0.717, 1.165) is 5.69 Å². The molecule has 0 aliphatic carbocycles. The van der Waals surface area contributed by atoms with Crippen LogP contribution < -0.4 is 10.1 Å². The first-order valence-electron chi connectivity index (χ1n) is 9.41. The van der Waals surface area contributed by atoms with Crippen molar-refractivity contribution in [3.63, 3.8) is 0 Å².